The Kier molecular flexibility index (Phi) is 8.28. The van der Waals surface area contributed by atoms with Crippen LogP contribution in [0.2, 0.25) is 0 Å². The van der Waals surface area contributed by atoms with Crippen molar-refractivity contribution in [2.24, 2.45) is 0 Å². The van der Waals surface area contributed by atoms with E-state index in [1.165, 1.54) is 40.6 Å². The Morgan fingerprint density at radius 3 is 2.64 bits per heavy atom. The molecule has 2 heterocycles. The highest BCUT2D eigenvalue weighted by atomic mass is 32.2. The number of sulfonamides is 1. The van der Waals surface area contributed by atoms with Gasteiger partial charge >= 0.3 is 0 Å². The molecular weight excluding hydrogens is 503 g/mol. The van der Waals surface area contributed by atoms with E-state index in [2.05, 4.69) is 0 Å². The van der Waals surface area contributed by atoms with Crippen LogP contribution in [0.25, 0.3) is 0 Å². The van der Waals surface area contributed by atoms with Crippen LogP contribution in [0.4, 0.5) is 4.39 Å². The van der Waals surface area contributed by atoms with E-state index in [-0.39, 0.29) is 30.5 Å². The van der Waals surface area contributed by atoms with Crippen molar-refractivity contribution in [1.82, 2.24) is 9.21 Å². The molecule has 1 atom stereocenters. The van der Waals surface area contributed by atoms with Gasteiger partial charge < -0.3 is 14.4 Å². The molecule has 0 saturated carbocycles. The van der Waals surface area contributed by atoms with Crippen molar-refractivity contribution in [3.63, 3.8) is 0 Å². The van der Waals surface area contributed by atoms with E-state index >= 15 is 0 Å². The molecule has 2 aromatic carbocycles. The number of fused-ring (bicyclic) bond motifs is 1. The van der Waals surface area contributed by atoms with Crippen LogP contribution in [0.5, 0.6) is 11.5 Å². The SMILES string of the molecule is CCCN(CC(=O)N1CCc2sccc2C1COc1cccc(F)c1)S(=O)(=O)c1ccc(OC)cc1. The van der Waals surface area contributed by atoms with E-state index in [0.29, 0.717) is 30.9 Å². The summed E-state index contributed by atoms with van der Waals surface area (Å²) >= 11 is 1.62. The molecule has 0 N–H and O–H groups in total. The molecule has 36 heavy (non-hydrogen) atoms. The average molecular weight is 533 g/mol. The van der Waals surface area contributed by atoms with Crippen LogP contribution in [0.1, 0.15) is 29.8 Å². The van der Waals surface area contributed by atoms with Crippen LogP contribution < -0.4 is 9.47 Å². The van der Waals surface area contributed by atoms with Crippen LogP contribution >= 0.6 is 11.3 Å². The lowest BCUT2D eigenvalue weighted by molar-refractivity contribution is -0.135. The predicted molar refractivity (Wildman–Crippen MR) is 136 cm³/mol. The van der Waals surface area contributed by atoms with Gasteiger partial charge in [-0.15, -0.1) is 11.3 Å². The highest BCUT2D eigenvalue weighted by Gasteiger charge is 2.35. The number of carbonyl (C=O) groups excluding carboxylic acids is 1. The third-order valence-electron chi connectivity index (χ3n) is 6.10. The van der Waals surface area contributed by atoms with Crippen molar-refractivity contribution < 1.29 is 27.1 Å². The van der Waals surface area contributed by atoms with Gasteiger partial charge in [0.25, 0.3) is 0 Å². The molecule has 1 aliphatic rings. The highest BCUT2D eigenvalue weighted by Crippen LogP contribution is 2.34. The Hall–Kier alpha value is -2.95. The number of rotatable bonds is 10. The van der Waals surface area contributed by atoms with Crippen molar-refractivity contribution in [3.8, 4) is 11.5 Å². The Morgan fingerprint density at radius 2 is 1.94 bits per heavy atom. The van der Waals surface area contributed by atoms with Gasteiger partial charge in [-0.05, 0) is 66.2 Å². The number of amides is 1. The molecule has 0 radical (unpaired) electrons. The molecule has 0 spiro atoms. The number of halogens is 1. The zero-order valence-corrected chi connectivity index (χ0v) is 21.9. The second kappa shape index (κ2) is 11.4. The van der Waals surface area contributed by atoms with Crippen LogP contribution in [-0.2, 0) is 21.2 Å². The van der Waals surface area contributed by atoms with Crippen molar-refractivity contribution in [2.45, 2.75) is 30.7 Å². The second-order valence-corrected chi connectivity index (χ2v) is 11.4. The van der Waals surface area contributed by atoms with Crippen LogP contribution in [0.3, 0.4) is 0 Å². The van der Waals surface area contributed by atoms with Gasteiger partial charge in [0, 0.05) is 24.0 Å². The van der Waals surface area contributed by atoms with E-state index in [0.717, 1.165) is 5.56 Å². The third kappa shape index (κ3) is 5.71. The van der Waals surface area contributed by atoms with E-state index in [4.69, 9.17) is 9.47 Å². The summed E-state index contributed by atoms with van der Waals surface area (Å²) in [7, 11) is -2.38. The van der Waals surface area contributed by atoms with Gasteiger partial charge in [0.1, 0.15) is 23.9 Å². The van der Waals surface area contributed by atoms with Gasteiger partial charge in [0.05, 0.1) is 24.6 Å². The fraction of sp³-hybridized carbons (Fsp3) is 0.346. The van der Waals surface area contributed by atoms with Gasteiger partial charge in [-0.25, -0.2) is 12.8 Å². The van der Waals surface area contributed by atoms with Gasteiger partial charge in [-0.2, -0.15) is 4.31 Å². The topological polar surface area (TPSA) is 76.2 Å². The second-order valence-electron chi connectivity index (χ2n) is 8.43. The first-order valence-corrected chi connectivity index (χ1v) is 14.0. The first-order valence-electron chi connectivity index (χ1n) is 11.7. The zero-order chi connectivity index (χ0) is 25.7. The summed E-state index contributed by atoms with van der Waals surface area (Å²) in [5, 5.41) is 1.98. The molecule has 0 aliphatic carbocycles. The Morgan fingerprint density at radius 1 is 1.17 bits per heavy atom. The summed E-state index contributed by atoms with van der Waals surface area (Å²) in [6.07, 6.45) is 1.25. The predicted octanol–water partition coefficient (Wildman–Crippen LogP) is 4.50. The lowest BCUT2D eigenvalue weighted by Crippen LogP contribution is -2.48. The lowest BCUT2D eigenvalue weighted by atomic mass is 10.0. The number of benzene rings is 2. The summed E-state index contributed by atoms with van der Waals surface area (Å²) in [6.45, 7) is 2.39. The van der Waals surface area contributed by atoms with E-state index in [9.17, 15) is 17.6 Å². The van der Waals surface area contributed by atoms with Gasteiger partial charge in [0.2, 0.25) is 15.9 Å². The van der Waals surface area contributed by atoms with E-state index in [1.807, 2.05) is 18.4 Å². The minimum absolute atomic E-state index is 0.106. The minimum Gasteiger partial charge on any atom is -0.497 e. The van der Waals surface area contributed by atoms with Crippen molar-refractivity contribution in [2.75, 3.05) is 33.4 Å². The van der Waals surface area contributed by atoms with Crippen LogP contribution in [-0.4, -0.2) is 56.9 Å². The summed E-state index contributed by atoms with van der Waals surface area (Å²) < 4.78 is 52.6. The third-order valence-corrected chi connectivity index (χ3v) is 8.96. The zero-order valence-electron chi connectivity index (χ0n) is 20.2. The molecule has 1 unspecified atom stereocenters. The lowest BCUT2D eigenvalue weighted by Gasteiger charge is -2.37. The molecule has 1 aromatic heterocycles. The number of nitrogens with zero attached hydrogens (tertiary/aromatic N) is 2. The van der Waals surface area contributed by atoms with Crippen LogP contribution in [0, 0.1) is 5.82 Å². The molecule has 10 heteroatoms. The maximum Gasteiger partial charge on any atom is 0.243 e. The highest BCUT2D eigenvalue weighted by molar-refractivity contribution is 7.89. The summed E-state index contributed by atoms with van der Waals surface area (Å²) in [6, 6.07) is 13.6. The average Bonchev–Trinajstić information content (AvgIpc) is 3.36. The first-order chi connectivity index (χ1) is 17.3. The smallest absolute Gasteiger partial charge is 0.243 e. The molecule has 0 bridgehead atoms. The van der Waals surface area contributed by atoms with E-state index < -0.39 is 21.9 Å². The number of carbonyl (C=O) groups is 1. The summed E-state index contributed by atoms with van der Waals surface area (Å²) in [5.74, 6) is 0.219. The fourth-order valence-corrected chi connectivity index (χ4v) is 6.69. The Labute approximate surface area is 215 Å². The number of hydrogen-bond donors (Lipinski definition) is 0. The number of thiophene rings is 1. The first kappa shape index (κ1) is 26.1. The largest absolute Gasteiger partial charge is 0.497 e. The standard InChI is InChI=1S/C26H29FN2O5S2/c1-3-13-28(36(31,32)22-9-7-20(33-2)8-10-22)17-26(30)29-14-11-25-23(12-15-35-25)24(29)18-34-21-6-4-5-19(27)16-21/h4-10,12,15-16,24H,3,11,13-14,17-18H2,1-2H3. The molecule has 0 saturated heterocycles. The summed E-state index contributed by atoms with van der Waals surface area (Å²) in [4.78, 5) is 16.5. The number of methoxy groups -OCH3 is 1. The van der Waals surface area contributed by atoms with Crippen molar-refractivity contribution in [1.29, 1.82) is 0 Å². The minimum atomic E-state index is -3.89. The van der Waals surface area contributed by atoms with Crippen molar-refractivity contribution >= 4 is 27.3 Å². The monoisotopic (exact) mass is 532 g/mol. The van der Waals surface area contributed by atoms with Crippen LogP contribution in [0.15, 0.2) is 64.9 Å². The molecule has 7 nitrogen and oxygen atoms in total. The number of ether oxygens (including phenoxy) is 2. The molecular formula is C26H29FN2O5S2. The molecule has 1 amide bonds. The number of hydrogen-bond acceptors (Lipinski definition) is 6. The van der Waals surface area contributed by atoms with Gasteiger partial charge in [-0.3, -0.25) is 4.79 Å². The maximum atomic E-state index is 13.6. The normalized spacial score (nSPS) is 15.6. The summed E-state index contributed by atoms with van der Waals surface area (Å²) in [5.41, 5.74) is 0.982. The fourth-order valence-electron chi connectivity index (χ4n) is 4.28. The molecule has 1 aliphatic heterocycles. The Balaban J connectivity index is 1.55. The molecule has 4 rings (SSSR count). The van der Waals surface area contributed by atoms with E-state index in [1.54, 1.807) is 40.5 Å². The molecule has 192 valence electrons. The quantitative estimate of drug-likeness (QED) is 0.384. The van der Waals surface area contributed by atoms with Gasteiger partial charge in [-0.1, -0.05) is 13.0 Å². The maximum absolute atomic E-state index is 13.6. The van der Waals surface area contributed by atoms with Crippen molar-refractivity contribution in [3.05, 3.63) is 76.2 Å². The van der Waals surface area contributed by atoms with Gasteiger partial charge in [0.15, 0.2) is 0 Å². The molecule has 0 fully saturated rings. The molecule has 3 aromatic rings. The Bertz CT molecular complexity index is 1290.